The molecule has 0 atom stereocenters. The van der Waals surface area contributed by atoms with Gasteiger partial charge in [0.25, 0.3) is 0 Å². The maximum atomic E-state index is 5.59. The van der Waals surface area contributed by atoms with Gasteiger partial charge in [0.2, 0.25) is 18.6 Å². The molecule has 2 N–H and O–H groups in total. The largest absolute Gasteiger partial charge is 0.473 e. The number of fused-ring (bicyclic) bond motifs is 1. The maximum absolute atomic E-state index is 5.59. The summed E-state index contributed by atoms with van der Waals surface area (Å²) in [6.07, 6.45) is 0. The van der Waals surface area contributed by atoms with Gasteiger partial charge in [-0.1, -0.05) is 6.07 Å². The van der Waals surface area contributed by atoms with Gasteiger partial charge in [-0.15, -0.1) is 0 Å². The molecule has 2 aromatic rings. The predicted octanol–water partition coefficient (Wildman–Crippen LogP) is 1.67. The molecule has 6 nitrogen and oxygen atoms in total. The zero-order valence-corrected chi connectivity index (χ0v) is 10.4. The minimum Gasteiger partial charge on any atom is -0.473 e. The Labute approximate surface area is 110 Å². The number of aryl methyl sites for hydroxylation is 1. The van der Waals surface area contributed by atoms with E-state index in [1.165, 1.54) is 0 Å². The third-order valence-corrected chi connectivity index (χ3v) is 2.67. The second-order valence-electron chi connectivity index (χ2n) is 4.18. The first-order chi connectivity index (χ1) is 9.20. The highest BCUT2D eigenvalue weighted by Crippen LogP contribution is 2.32. The van der Waals surface area contributed by atoms with Crippen LogP contribution in [0.25, 0.3) is 0 Å². The molecule has 0 unspecified atom stereocenters. The zero-order chi connectivity index (χ0) is 13.2. The summed E-state index contributed by atoms with van der Waals surface area (Å²) in [5, 5.41) is 0. The molecule has 2 heterocycles. The first kappa shape index (κ1) is 11.6. The molecule has 0 amide bonds. The first-order valence-corrected chi connectivity index (χ1v) is 5.83. The molecule has 1 aromatic carbocycles. The van der Waals surface area contributed by atoms with Crippen LogP contribution in [-0.2, 0) is 6.61 Å². The molecule has 0 fully saturated rings. The molecule has 0 saturated heterocycles. The van der Waals surface area contributed by atoms with Crippen molar-refractivity contribution in [1.82, 2.24) is 9.97 Å². The van der Waals surface area contributed by atoms with E-state index < -0.39 is 0 Å². The van der Waals surface area contributed by atoms with Crippen LogP contribution in [0.1, 0.15) is 11.3 Å². The average molecular weight is 259 g/mol. The molecule has 98 valence electrons. The quantitative estimate of drug-likeness (QED) is 0.903. The Morgan fingerprint density at radius 2 is 2.05 bits per heavy atom. The van der Waals surface area contributed by atoms with Crippen LogP contribution < -0.4 is 19.9 Å². The Bertz CT molecular complexity index is 596. The summed E-state index contributed by atoms with van der Waals surface area (Å²) < 4.78 is 16.1. The number of aromatic nitrogens is 2. The van der Waals surface area contributed by atoms with Crippen molar-refractivity contribution in [3.63, 3.8) is 0 Å². The number of nitrogen functional groups attached to an aromatic ring is 1. The zero-order valence-electron chi connectivity index (χ0n) is 10.4. The second-order valence-corrected chi connectivity index (χ2v) is 4.18. The molecular formula is C13H13N3O3. The maximum Gasteiger partial charge on any atom is 0.231 e. The van der Waals surface area contributed by atoms with Crippen molar-refractivity contribution in [1.29, 1.82) is 0 Å². The van der Waals surface area contributed by atoms with E-state index in [2.05, 4.69) is 9.97 Å². The van der Waals surface area contributed by atoms with Crippen molar-refractivity contribution in [2.75, 3.05) is 12.5 Å². The van der Waals surface area contributed by atoms with Crippen LogP contribution in [0.15, 0.2) is 24.3 Å². The molecule has 3 rings (SSSR count). The van der Waals surface area contributed by atoms with Crippen LogP contribution >= 0.6 is 0 Å². The Morgan fingerprint density at radius 1 is 1.21 bits per heavy atom. The van der Waals surface area contributed by atoms with Gasteiger partial charge in [-0.25, -0.2) is 4.98 Å². The van der Waals surface area contributed by atoms with Crippen molar-refractivity contribution in [3.05, 3.63) is 35.5 Å². The third-order valence-electron chi connectivity index (χ3n) is 2.67. The monoisotopic (exact) mass is 259 g/mol. The summed E-state index contributed by atoms with van der Waals surface area (Å²) in [7, 11) is 0. The summed E-state index contributed by atoms with van der Waals surface area (Å²) >= 11 is 0. The molecular weight excluding hydrogens is 246 g/mol. The number of ether oxygens (including phenoxy) is 3. The molecule has 1 aliphatic rings. The van der Waals surface area contributed by atoms with Gasteiger partial charge in [-0.3, -0.25) is 0 Å². The summed E-state index contributed by atoms with van der Waals surface area (Å²) in [5.41, 5.74) is 7.31. The van der Waals surface area contributed by atoms with Crippen molar-refractivity contribution >= 4 is 5.95 Å². The average Bonchev–Trinajstić information content (AvgIpc) is 2.82. The smallest absolute Gasteiger partial charge is 0.231 e. The van der Waals surface area contributed by atoms with Gasteiger partial charge >= 0.3 is 0 Å². The number of benzene rings is 1. The number of anilines is 1. The van der Waals surface area contributed by atoms with Crippen molar-refractivity contribution in [3.8, 4) is 17.4 Å². The lowest BCUT2D eigenvalue weighted by Gasteiger charge is -2.07. The number of nitrogens with two attached hydrogens (primary N) is 1. The van der Waals surface area contributed by atoms with Crippen molar-refractivity contribution in [2.24, 2.45) is 0 Å². The number of hydrogen-bond acceptors (Lipinski definition) is 6. The Balaban J connectivity index is 1.72. The van der Waals surface area contributed by atoms with E-state index in [1.807, 2.05) is 25.1 Å². The van der Waals surface area contributed by atoms with E-state index in [0.717, 1.165) is 22.8 Å². The molecule has 0 spiro atoms. The van der Waals surface area contributed by atoms with Gasteiger partial charge < -0.3 is 19.9 Å². The number of rotatable bonds is 3. The number of hydrogen-bond donors (Lipinski definition) is 1. The fourth-order valence-electron chi connectivity index (χ4n) is 1.82. The SMILES string of the molecule is Cc1cc(OCc2ccc3c(c2)OCO3)nc(N)n1. The number of nitrogens with zero attached hydrogens (tertiary/aromatic N) is 2. The third kappa shape index (κ3) is 2.52. The molecule has 19 heavy (non-hydrogen) atoms. The molecule has 6 heteroatoms. The fourth-order valence-corrected chi connectivity index (χ4v) is 1.82. The summed E-state index contributed by atoms with van der Waals surface area (Å²) in [6.45, 7) is 2.49. The van der Waals surface area contributed by atoms with Crippen LogP contribution in [0.2, 0.25) is 0 Å². The van der Waals surface area contributed by atoms with E-state index in [9.17, 15) is 0 Å². The minimum absolute atomic E-state index is 0.209. The lowest BCUT2D eigenvalue weighted by atomic mass is 10.2. The summed E-state index contributed by atoms with van der Waals surface area (Å²) in [5.74, 6) is 2.16. The fraction of sp³-hybridized carbons (Fsp3) is 0.231. The molecule has 0 radical (unpaired) electrons. The van der Waals surface area contributed by atoms with Gasteiger partial charge in [-0.05, 0) is 24.6 Å². The van der Waals surface area contributed by atoms with Crippen LogP contribution in [0.3, 0.4) is 0 Å². The molecule has 0 aliphatic carbocycles. The Morgan fingerprint density at radius 3 is 2.89 bits per heavy atom. The highest BCUT2D eigenvalue weighted by Gasteiger charge is 2.13. The highest BCUT2D eigenvalue weighted by molar-refractivity contribution is 5.44. The Kier molecular flexibility index (Phi) is 2.83. The highest BCUT2D eigenvalue weighted by atomic mass is 16.7. The summed E-state index contributed by atoms with van der Waals surface area (Å²) in [4.78, 5) is 8.00. The van der Waals surface area contributed by atoms with E-state index in [-0.39, 0.29) is 12.7 Å². The Hall–Kier alpha value is -2.50. The van der Waals surface area contributed by atoms with Crippen LogP contribution in [0.4, 0.5) is 5.95 Å². The lowest BCUT2D eigenvalue weighted by molar-refractivity contribution is 0.174. The van der Waals surface area contributed by atoms with Gasteiger partial charge in [0.1, 0.15) is 6.61 Å². The van der Waals surface area contributed by atoms with Crippen molar-refractivity contribution < 1.29 is 14.2 Å². The van der Waals surface area contributed by atoms with E-state index >= 15 is 0 Å². The lowest BCUT2D eigenvalue weighted by Crippen LogP contribution is -2.02. The molecule has 0 bridgehead atoms. The van der Waals surface area contributed by atoms with Gasteiger partial charge in [0.05, 0.1) is 0 Å². The van der Waals surface area contributed by atoms with Gasteiger partial charge in [0, 0.05) is 11.8 Å². The van der Waals surface area contributed by atoms with E-state index in [0.29, 0.717) is 12.5 Å². The van der Waals surface area contributed by atoms with Crippen LogP contribution in [-0.4, -0.2) is 16.8 Å². The minimum atomic E-state index is 0.209. The topological polar surface area (TPSA) is 79.5 Å². The van der Waals surface area contributed by atoms with Crippen LogP contribution in [0.5, 0.6) is 17.4 Å². The first-order valence-electron chi connectivity index (χ1n) is 5.83. The molecule has 0 saturated carbocycles. The molecule has 1 aliphatic heterocycles. The van der Waals surface area contributed by atoms with Gasteiger partial charge in [-0.2, -0.15) is 4.98 Å². The predicted molar refractivity (Wildman–Crippen MR) is 68.1 cm³/mol. The second kappa shape index (κ2) is 4.64. The van der Waals surface area contributed by atoms with Crippen molar-refractivity contribution in [2.45, 2.75) is 13.5 Å². The van der Waals surface area contributed by atoms with Gasteiger partial charge in [0.15, 0.2) is 11.5 Å². The van der Waals surface area contributed by atoms with E-state index in [4.69, 9.17) is 19.9 Å². The molecule has 1 aromatic heterocycles. The van der Waals surface area contributed by atoms with Crippen LogP contribution in [0, 0.1) is 6.92 Å². The summed E-state index contributed by atoms with van der Waals surface area (Å²) in [6, 6.07) is 7.41. The van der Waals surface area contributed by atoms with E-state index in [1.54, 1.807) is 6.07 Å². The normalized spacial score (nSPS) is 12.5. The standard InChI is InChI=1S/C13H13N3O3/c1-8-4-12(16-13(14)15-8)17-6-9-2-3-10-11(5-9)19-7-18-10/h2-5H,6-7H2,1H3,(H2,14,15,16).